The second-order valence-corrected chi connectivity index (χ2v) is 6.48. The third kappa shape index (κ3) is 2.10. The molecule has 0 saturated carbocycles. The van der Waals surface area contributed by atoms with Gasteiger partial charge in [-0.15, -0.1) is 11.3 Å². The van der Waals surface area contributed by atoms with Crippen molar-refractivity contribution in [1.82, 2.24) is 15.2 Å². The Bertz CT molecular complexity index is 946. The van der Waals surface area contributed by atoms with Gasteiger partial charge in [0, 0.05) is 28.8 Å². The van der Waals surface area contributed by atoms with Gasteiger partial charge in [-0.1, -0.05) is 18.2 Å². The molecule has 0 amide bonds. The van der Waals surface area contributed by atoms with Crippen molar-refractivity contribution >= 4 is 33.9 Å². The van der Waals surface area contributed by atoms with Crippen LogP contribution in [-0.4, -0.2) is 21.5 Å². The van der Waals surface area contributed by atoms with E-state index in [1.807, 2.05) is 37.3 Å². The van der Waals surface area contributed by atoms with E-state index in [1.54, 1.807) is 11.3 Å². The molecule has 3 aromatic rings. The van der Waals surface area contributed by atoms with Crippen LogP contribution in [0, 0.1) is 6.92 Å². The van der Waals surface area contributed by atoms with Gasteiger partial charge in [-0.2, -0.15) is 5.10 Å². The van der Waals surface area contributed by atoms with Crippen LogP contribution < -0.4 is 0 Å². The van der Waals surface area contributed by atoms with Crippen molar-refractivity contribution in [2.24, 2.45) is 0 Å². The molecule has 0 atom stereocenters. The van der Waals surface area contributed by atoms with Gasteiger partial charge in [0.15, 0.2) is 0 Å². The van der Waals surface area contributed by atoms with Gasteiger partial charge in [-0.05, 0) is 25.1 Å². The highest BCUT2D eigenvalue weighted by molar-refractivity contribution is 7.18. The molecule has 0 spiro atoms. The van der Waals surface area contributed by atoms with Gasteiger partial charge in [0.2, 0.25) is 0 Å². The zero-order valence-electron chi connectivity index (χ0n) is 12.0. The summed E-state index contributed by atoms with van der Waals surface area (Å²) in [7, 11) is 0. The molecule has 1 aromatic carbocycles. The molecule has 0 radical (unpaired) electrons. The molecule has 1 N–H and O–H groups in total. The maximum absolute atomic E-state index is 11.1. The summed E-state index contributed by atoms with van der Waals surface area (Å²) in [5.74, 6) is 0. The average Bonchev–Trinajstić information content (AvgIpc) is 3.01. The van der Waals surface area contributed by atoms with E-state index in [0.29, 0.717) is 5.57 Å². The fraction of sp³-hybridized carbons (Fsp3) is 0.118. The number of aromatic nitrogens is 3. The van der Waals surface area contributed by atoms with Crippen LogP contribution in [0.15, 0.2) is 35.9 Å². The van der Waals surface area contributed by atoms with E-state index in [9.17, 15) is 4.79 Å². The van der Waals surface area contributed by atoms with E-state index in [0.717, 1.165) is 50.4 Å². The predicted molar refractivity (Wildman–Crippen MR) is 88.8 cm³/mol. The lowest BCUT2D eigenvalue weighted by Crippen LogP contribution is -1.85. The first-order chi connectivity index (χ1) is 10.7. The molecule has 1 aliphatic rings. The van der Waals surface area contributed by atoms with E-state index in [2.05, 4.69) is 21.2 Å². The van der Waals surface area contributed by atoms with Crippen molar-refractivity contribution in [3.63, 3.8) is 0 Å². The van der Waals surface area contributed by atoms with Gasteiger partial charge in [-0.3, -0.25) is 9.89 Å². The lowest BCUT2D eigenvalue weighted by molar-refractivity contribution is -0.104. The van der Waals surface area contributed by atoms with E-state index in [4.69, 9.17) is 0 Å². The average molecular weight is 307 g/mol. The normalized spacial score (nSPS) is 13.8. The molecule has 2 heterocycles. The molecule has 108 valence electrons. The molecular weight excluding hydrogens is 294 g/mol. The number of rotatable bonds is 2. The minimum atomic E-state index is 0.663. The maximum atomic E-state index is 11.1. The Labute approximate surface area is 131 Å². The largest absolute Gasteiger partial charge is 0.298 e. The number of aldehydes is 1. The van der Waals surface area contributed by atoms with E-state index in [-0.39, 0.29) is 0 Å². The lowest BCUT2D eigenvalue weighted by atomic mass is 10.0. The number of hydrogen-bond acceptors (Lipinski definition) is 4. The summed E-state index contributed by atoms with van der Waals surface area (Å²) in [6, 6.07) is 6.17. The van der Waals surface area contributed by atoms with Gasteiger partial charge in [-0.25, -0.2) is 4.98 Å². The third-order valence-corrected chi connectivity index (χ3v) is 4.66. The summed E-state index contributed by atoms with van der Waals surface area (Å²) in [6.07, 6.45) is 7.34. The maximum Gasteiger partial charge on any atom is 0.150 e. The number of aromatic amines is 1. The number of fused-ring (bicyclic) bond motifs is 2. The molecule has 5 heteroatoms. The minimum absolute atomic E-state index is 0.663. The Balaban J connectivity index is 1.89. The summed E-state index contributed by atoms with van der Waals surface area (Å²) in [5, 5.41) is 8.60. The van der Waals surface area contributed by atoms with E-state index < -0.39 is 0 Å². The van der Waals surface area contributed by atoms with Crippen molar-refractivity contribution in [2.45, 2.75) is 13.3 Å². The number of H-pyrrole nitrogens is 1. The van der Waals surface area contributed by atoms with Gasteiger partial charge < -0.3 is 0 Å². The van der Waals surface area contributed by atoms with Gasteiger partial charge in [0.1, 0.15) is 6.29 Å². The number of nitrogens with zero attached hydrogens (tertiary/aromatic N) is 2. The van der Waals surface area contributed by atoms with Crippen molar-refractivity contribution in [1.29, 1.82) is 0 Å². The number of aryl methyl sites for hydroxylation is 1. The number of hydrogen-bond donors (Lipinski definition) is 1. The molecule has 0 aliphatic heterocycles. The fourth-order valence-corrected chi connectivity index (χ4v) is 3.57. The van der Waals surface area contributed by atoms with E-state index >= 15 is 0 Å². The van der Waals surface area contributed by atoms with Crippen LogP contribution in [-0.2, 0) is 11.2 Å². The number of allylic oxidation sites excluding steroid dienone is 3. The number of thiazole rings is 1. The molecule has 0 fully saturated rings. The Morgan fingerprint density at radius 2 is 2.27 bits per heavy atom. The smallest absolute Gasteiger partial charge is 0.150 e. The van der Waals surface area contributed by atoms with Crippen molar-refractivity contribution in [2.75, 3.05) is 0 Å². The molecular formula is C17H13N3OS. The number of nitrogens with one attached hydrogen (secondary N) is 1. The molecule has 1 aliphatic carbocycles. The Morgan fingerprint density at radius 1 is 1.36 bits per heavy atom. The van der Waals surface area contributed by atoms with Crippen LogP contribution in [0.2, 0.25) is 0 Å². The van der Waals surface area contributed by atoms with Gasteiger partial charge in [0.05, 0.1) is 20.9 Å². The molecule has 0 unspecified atom stereocenters. The number of benzene rings is 1. The fourth-order valence-electron chi connectivity index (χ4n) is 2.71. The van der Waals surface area contributed by atoms with Crippen LogP contribution in [0.3, 0.4) is 0 Å². The molecule has 0 saturated heterocycles. The molecule has 4 rings (SSSR count). The summed E-state index contributed by atoms with van der Waals surface area (Å²) in [6.45, 7) is 2.01. The highest BCUT2D eigenvalue weighted by Gasteiger charge is 2.15. The van der Waals surface area contributed by atoms with Crippen LogP contribution in [0.5, 0.6) is 0 Å². The molecule has 22 heavy (non-hydrogen) atoms. The highest BCUT2D eigenvalue weighted by atomic mass is 32.1. The summed E-state index contributed by atoms with van der Waals surface area (Å²) in [4.78, 5) is 15.6. The standard InChI is InChI=1S/C17H13N3OS/c1-10-18-15-6-5-12(8-16(15)22-10)17-13-7-11(9-21)3-2-4-14(13)19-20-17/h2-3,5-9H,4H2,1H3,(H,19,20). The van der Waals surface area contributed by atoms with Crippen LogP contribution in [0.25, 0.3) is 27.6 Å². The van der Waals surface area contributed by atoms with Crippen LogP contribution in [0.1, 0.15) is 16.3 Å². The van der Waals surface area contributed by atoms with Crippen molar-refractivity contribution < 1.29 is 4.79 Å². The second kappa shape index (κ2) is 5.03. The predicted octanol–water partition coefficient (Wildman–Crippen LogP) is 3.69. The monoisotopic (exact) mass is 307 g/mol. The van der Waals surface area contributed by atoms with Crippen molar-refractivity contribution in [3.05, 3.63) is 52.2 Å². The highest BCUT2D eigenvalue weighted by Crippen LogP contribution is 2.31. The number of carbonyl (C=O) groups excluding carboxylic acids is 1. The van der Waals surface area contributed by atoms with Crippen LogP contribution in [0.4, 0.5) is 0 Å². The molecule has 4 nitrogen and oxygen atoms in total. The van der Waals surface area contributed by atoms with Gasteiger partial charge in [0.25, 0.3) is 0 Å². The first kappa shape index (κ1) is 13.2. The quantitative estimate of drug-likeness (QED) is 0.735. The van der Waals surface area contributed by atoms with Crippen LogP contribution >= 0.6 is 11.3 Å². The lowest BCUT2D eigenvalue weighted by Gasteiger charge is -2.00. The minimum Gasteiger partial charge on any atom is -0.298 e. The summed E-state index contributed by atoms with van der Waals surface area (Å²) >= 11 is 1.68. The number of carbonyl (C=O) groups is 1. The Hall–Kier alpha value is -2.53. The van der Waals surface area contributed by atoms with E-state index in [1.165, 1.54) is 0 Å². The first-order valence-corrected chi connectivity index (χ1v) is 7.84. The Kier molecular flexibility index (Phi) is 3.01. The molecule has 2 aromatic heterocycles. The SMILES string of the molecule is Cc1nc2ccc(-c3n[nH]c4c3C=C(C=O)C=CC4)cc2s1. The second-order valence-electron chi connectivity index (χ2n) is 5.25. The third-order valence-electron chi connectivity index (χ3n) is 3.73. The first-order valence-electron chi connectivity index (χ1n) is 7.03. The zero-order valence-corrected chi connectivity index (χ0v) is 12.8. The van der Waals surface area contributed by atoms with Crippen molar-refractivity contribution in [3.8, 4) is 11.3 Å². The Morgan fingerprint density at radius 3 is 3.14 bits per heavy atom. The van der Waals surface area contributed by atoms with Gasteiger partial charge >= 0.3 is 0 Å². The summed E-state index contributed by atoms with van der Waals surface area (Å²) in [5.41, 5.74) is 5.62. The molecule has 0 bridgehead atoms. The zero-order chi connectivity index (χ0) is 15.1. The summed E-state index contributed by atoms with van der Waals surface area (Å²) < 4.78 is 1.15. The topological polar surface area (TPSA) is 58.6 Å².